The number of benzene rings is 2. The minimum Gasteiger partial charge on any atom is -0.457 e. The van der Waals surface area contributed by atoms with Crippen LogP contribution in [0, 0.1) is 13.8 Å². The lowest BCUT2D eigenvalue weighted by Crippen LogP contribution is -2.19. The number of thioether (sulfide) groups is 1. The SMILES string of the molecule is Cc1ccc(C)c(N=C2NC(=O)/C(=C\c3ccc(-c4cc(Cl)ccc4Cl)o3)S2)c1. The largest absolute Gasteiger partial charge is 0.457 e. The Kier molecular flexibility index (Phi) is 5.54. The minimum absolute atomic E-state index is 0.210. The monoisotopic (exact) mass is 442 g/mol. The number of aryl methyl sites for hydroxylation is 2. The van der Waals surface area contributed by atoms with E-state index < -0.39 is 0 Å². The van der Waals surface area contributed by atoms with Crippen LogP contribution in [0.2, 0.25) is 10.0 Å². The Labute approximate surface area is 182 Å². The van der Waals surface area contributed by atoms with Gasteiger partial charge in [-0.05, 0) is 73.1 Å². The van der Waals surface area contributed by atoms with E-state index in [0.717, 1.165) is 16.8 Å². The molecule has 0 saturated carbocycles. The number of rotatable bonds is 3. The summed E-state index contributed by atoms with van der Waals surface area (Å²) in [5.41, 5.74) is 3.70. The molecule has 2 aromatic carbocycles. The molecule has 1 aliphatic rings. The molecule has 0 spiro atoms. The Morgan fingerprint density at radius 1 is 1.07 bits per heavy atom. The summed E-state index contributed by atoms with van der Waals surface area (Å²) in [4.78, 5) is 17.4. The number of aliphatic imine (C=N–C) groups is 1. The third-order valence-corrected chi connectivity index (χ3v) is 5.81. The fourth-order valence-corrected chi connectivity index (χ4v) is 4.02. The molecule has 0 atom stereocenters. The van der Waals surface area contributed by atoms with Gasteiger partial charge in [0.1, 0.15) is 11.5 Å². The van der Waals surface area contributed by atoms with Crippen molar-refractivity contribution in [3.63, 3.8) is 0 Å². The van der Waals surface area contributed by atoms with E-state index >= 15 is 0 Å². The maximum atomic E-state index is 12.3. The summed E-state index contributed by atoms with van der Waals surface area (Å²) >= 11 is 13.6. The van der Waals surface area contributed by atoms with E-state index in [4.69, 9.17) is 27.6 Å². The molecular formula is C22H16Cl2N2O2S. The van der Waals surface area contributed by atoms with Crippen molar-refractivity contribution < 1.29 is 9.21 Å². The van der Waals surface area contributed by atoms with Gasteiger partial charge in [-0.25, -0.2) is 4.99 Å². The van der Waals surface area contributed by atoms with E-state index in [1.54, 1.807) is 36.4 Å². The Hall–Kier alpha value is -2.47. The fourth-order valence-electron chi connectivity index (χ4n) is 2.82. The van der Waals surface area contributed by atoms with Crippen LogP contribution in [0.5, 0.6) is 0 Å². The first-order valence-corrected chi connectivity index (χ1v) is 10.4. The van der Waals surface area contributed by atoms with E-state index in [2.05, 4.69) is 10.3 Å². The number of carbonyl (C=O) groups is 1. The van der Waals surface area contributed by atoms with Crippen LogP contribution < -0.4 is 5.32 Å². The van der Waals surface area contributed by atoms with Gasteiger partial charge in [-0.2, -0.15) is 0 Å². The first kappa shape index (κ1) is 19.8. The molecule has 0 aliphatic carbocycles. The number of furan rings is 1. The fraction of sp³-hybridized carbons (Fsp3) is 0.0909. The van der Waals surface area contributed by atoms with Gasteiger partial charge < -0.3 is 9.73 Å². The molecular weight excluding hydrogens is 427 g/mol. The zero-order valence-electron chi connectivity index (χ0n) is 15.6. The van der Waals surface area contributed by atoms with Crippen molar-refractivity contribution in [3.8, 4) is 11.3 Å². The highest BCUT2D eigenvalue weighted by Gasteiger charge is 2.24. The van der Waals surface area contributed by atoms with Crippen LogP contribution in [0.3, 0.4) is 0 Å². The van der Waals surface area contributed by atoms with Crippen LogP contribution in [-0.4, -0.2) is 11.1 Å². The molecule has 0 radical (unpaired) electrons. The summed E-state index contributed by atoms with van der Waals surface area (Å²) in [5, 5.41) is 4.45. The van der Waals surface area contributed by atoms with Crippen LogP contribution in [-0.2, 0) is 4.79 Å². The smallest absolute Gasteiger partial charge is 0.264 e. The predicted molar refractivity (Wildman–Crippen MR) is 121 cm³/mol. The van der Waals surface area contributed by atoms with Crippen molar-refractivity contribution >= 4 is 57.8 Å². The molecule has 7 heteroatoms. The molecule has 4 rings (SSSR count). The number of carbonyl (C=O) groups excluding carboxylic acids is 1. The van der Waals surface area contributed by atoms with Gasteiger partial charge in [-0.15, -0.1) is 0 Å². The van der Waals surface area contributed by atoms with E-state index in [9.17, 15) is 4.79 Å². The zero-order valence-corrected chi connectivity index (χ0v) is 18.0. The third-order valence-electron chi connectivity index (χ3n) is 4.33. The predicted octanol–water partition coefficient (Wildman–Crippen LogP) is 6.76. The second-order valence-corrected chi connectivity index (χ2v) is 8.47. The Bertz CT molecular complexity index is 1180. The number of amides is 1. The quantitative estimate of drug-likeness (QED) is 0.455. The molecule has 1 saturated heterocycles. The Morgan fingerprint density at radius 3 is 2.72 bits per heavy atom. The third kappa shape index (κ3) is 4.42. The summed E-state index contributed by atoms with van der Waals surface area (Å²) in [6.07, 6.45) is 1.69. The van der Waals surface area contributed by atoms with Gasteiger partial charge in [0.2, 0.25) is 0 Å². The van der Waals surface area contributed by atoms with Gasteiger partial charge >= 0.3 is 0 Å². The molecule has 4 nitrogen and oxygen atoms in total. The molecule has 1 N–H and O–H groups in total. The van der Waals surface area contributed by atoms with Gasteiger partial charge in [-0.1, -0.05) is 35.3 Å². The highest BCUT2D eigenvalue weighted by molar-refractivity contribution is 8.18. The van der Waals surface area contributed by atoms with Crippen molar-refractivity contribution in [2.45, 2.75) is 13.8 Å². The molecule has 1 fully saturated rings. The number of amidine groups is 1. The van der Waals surface area contributed by atoms with Crippen molar-refractivity contribution in [2.75, 3.05) is 0 Å². The molecule has 0 bridgehead atoms. The van der Waals surface area contributed by atoms with E-state index in [1.165, 1.54) is 11.8 Å². The standard InChI is InChI=1S/C22H16Cl2N2O2S/c1-12-3-4-13(2)18(9-12)25-22-26-21(27)20(29-22)11-15-6-8-19(28-15)16-10-14(23)5-7-17(16)24/h3-11H,1-2H3,(H,25,26,27)/b20-11+. The lowest BCUT2D eigenvalue weighted by atomic mass is 10.1. The zero-order chi connectivity index (χ0) is 20.5. The number of halogens is 2. The second kappa shape index (κ2) is 8.11. The molecule has 3 aromatic rings. The minimum atomic E-state index is -0.210. The van der Waals surface area contributed by atoms with Crippen molar-refractivity contribution in [1.29, 1.82) is 0 Å². The van der Waals surface area contributed by atoms with Gasteiger partial charge in [0.05, 0.1) is 15.6 Å². The lowest BCUT2D eigenvalue weighted by Gasteiger charge is -2.02. The second-order valence-electron chi connectivity index (χ2n) is 6.60. The van der Waals surface area contributed by atoms with E-state index in [1.807, 2.05) is 32.0 Å². The molecule has 1 aliphatic heterocycles. The summed E-state index contributed by atoms with van der Waals surface area (Å²) in [5.74, 6) is 0.913. The van der Waals surface area contributed by atoms with Crippen LogP contribution in [0.15, 0.2) is 62.8 Å². The first-order valence-electron chi connectivity index (χ1n) is 8.81. The maximum absolute atomic E-state index is 12.3. The van der Waals surface area contributed by atoms with Crippen molar-refractivity contribution in [2.24, 2.45) is 4.99 Å². The lowest BCUT2D eigenvalue weighted by molar-refractivity contribution is -0.115. The molecule has 1 amide bonds. The van der Waals surface area contributed by atoms with Crippen LogP contribution in [0.4, 0.5) is 5.69 Å². The van der Waals surface area contributed by atoms with Gasteiger partial charge in [0.25, 0.3) is 5.91 Å². The van der Waals surface area contributed by atoms with Crippen molar-refractivity contribution in [3.05, 3.63) is 80.4 Å². The molecule has 1 aromatic heterocycles. The average molecular weight is 443 g/mol. The highest BCUT2D eigenvalue weighted by Crippen LogP contribution is 2.34. The highest BCUT2D eigenvalue weighted by atomic mass is 35.5. The van der Waals surface area contributed by atoms with Crippen LogP contribution in [0.25, 0.3) is 17.4 Å². The van der Waals surface area contributed by atoms with Crippen LogP contribution >= 0.6 is 35.0 Å². The normalized spacial score (nSPS) is 16.6. The van der Waals surface area contributed by atoms with E-state index in [-0.39, 0.29) is 5.91 Å². The van der Waals surface area contributed by atoms with E-state index in [0.29, 0.717) is 37.2 Å². The number of hydrogen-bond donors (Lipinski definition) is 1. The average Bonchev–Trinajstić information content (AvgIpc) is 3.27. The molecule has 29 heavy (non-hydrogen) atoms. The van der Waals surface area contributed by atoms with Gasteiger partial charge in [0, 0.05) is 16.7 Å². The molecule has 0 unspecified atom stereocenters. The molecule has 2 heterocycles. The summed E-state index contributed by atoms with van der Waals surface area (Å²) in [7, 11) is 0. The number of hydrogen-bond acceptors (Lipinski definition) is 4. The number of nitrogens with one attached hydrogen (secondary N) is 1. The molecule has 146 valence electrons. The van der Waals surface area contributed by atoms with Crippen LogP contribution in [0.1, 0.15) is 16.9 Å². The topological polar surface area (TPSA) is 54.6 Å². The maximum Gasteiger partial charge on any atom is 0.264 e. The number of nitrogens with zero attached hydrogens (tertiary/aromatic N) is 1. The Morgan fingerprint density at radius 2 is 1.90 bits per heavy atom. The summed E-state index contributed by atoms with van der Waals surface area (Å²) in [6.45, 7) is 4.00. The van der Waals surface area contributed by atoms with Crippen molar-refractivity contribution in [1.82, 2.24) is 5.32 Å². The summed E-state index contributed by atoms with van der Waals surface area (Å²) < 4.78 is 5.85. The van der Waals surface area contributed by atoms with Gasteiger partial charge in [0.15, 0.2) is 5.17 Å². The summed E-state index contributed by atoms with van der Waals surface area (Å²) in [6, 6.07) is 14.8. The Balaban J connectivity index is 1.59. The van der Waals surface area contributed by atoms with Gasteiger partial charge in [-0.3, -0.25) is 4.79 Å². The first-order chi connectivity index (χ1) is 13.9.